The molecule has 0 unspecified atom stereocenters. The van der Waals surface area contributed by atoms with Gasteiger partial charge in [0.1, 0.15) is 0 Å². The first kappa shape index (κ1) is 13.6. The summed E-state index contributed by atoms with van der Waals surface area (Å²) >= 11 is 7.73. The van der Waals surface area contributed by atoms with Gasteiger partial charge in [-0.05, 0) is 31.4 Å². The summed E-state index contributed by atoms with van der Waals surface area (Å²) in [6.45, 7) is 1.79. The van der Waals surface area contributed by atoms with E-state index >= 15 is 0 Å². The van der Waals surface area contributed by atoms with Gasteiger partial charge in [0.05, 0.1) is 15.2 Å². The van der Waals surface area contributed by atoms with E-state index in [0.717, 1.165) is 46.4 Å². The predicted molar refractivity (Wildman–Crippen MR) is 78.8 cm³/mol. The molecule has 0 bridgehead atoms. The lowest BCUT2D eigenvalue weighted by atomic mass is 10.2. The van der Waals surface area contributed by atoms with Crippen LogP contribution in [0.3, 0.4) is 0 Å². The Morgan fingerprint density at radius 3 is 3.00 bits per heavy atom. The third-order valence-electron chi connectivity index (χ3n) is 2.67. The molecule has 0 aliphatic heterocycles. The van der Waals surface area contributed by atoms with Crippen molar-refractivity contribution in [2.75, 3.05) is 25.6 Å². The minimum atomic E-state index is 0.776. The molecule has 2 rings (SSSR count). The van der Waals surface area contributed by atoms with Gasteiger partial charge in [-0.2, -0.15) is 0 Å². The quantitative estimate of drug-likeness (QED) is 0.775. The number of methoxy groups -OCH3 is 1. The third-order valence-corrected chi connectivity index (χ3v) is 4.16. The number of fused-ring (bicyclic) bond motifs is 1. The SMILES string of the molecule is COCCCCCNc1nc2cccc(Cl)c2s1. The Hall–Kier alpha value is -0.840. The van der Waals surface area contributed by atoms with Crippen LogP contribution in [0.1, 0.15) is 19.3 Å². The molecule has 0 aliphatic rings. The average molecular weight is 285 g/mol. The normalized spacial score (nSPS) is 11.0. The van der Waals surface area contributed by atoms with Gasteiger partial charge in [0.2, 0.25) is 0 Å². The minimum absolute atomic E-state index is 0.776. The van der Waals surface area contributed by atoms with Gasteiger partial charge in [-0.25, -0.2) is 4.98 Å². The Morgan fingerprint density at radius 2 is 2.22 bits per heavy atom. The summed E-state index contributed by atoms with van der Waals surface area (Å²) in [5.74, 6) is 0. The van der Waals surface area contributed by atoms with Crippen molar-refractivity contribution in [3.63, 3.8) is 0 Å². The van der Waals surface area contributed by atoms with Crippen LogP contribution in [0.4, 0.5) is 5.13 Å². The molecular formula is C13H17ClN2OS. The van der Waals surface area contributed by atoms with Gasteiger partial charge in [0.15, 0.2) is 5.13 Å². The summed E-state index contributed by atoms with van der Waals surface area (Å²) in [5.41, 5.74) is 0.967. The maximum Gasteiger partial charge on any atom is 0.183 e. The minimum Gasteiger partial charge on any atom is -0.385 e. The molecule has 0 fully saturated rings. The molecule has 0 saturated carbocycles. The second-order valence-electron chi connectivity index (χ2n) is 4.09. The number of halogens is 1. The van der Waals surface area contributed by atoms with Gasteiger partial charge < -0.3 is 10.1 Å². The van der Waals surface area contributed by atoms with Crippen LogP contribution in [-0.2, 0) is 4.74 Å². The topological polar surface area (TPSA) is 34.1 Å². The molecular weight excluding hydrogens is 268 g/mol. The van der Waals surface area contributed by atoms with Gasteiger partial charge >= 0.3 is 0 Å². The number of hydrogen-bond donors (Lipinski definition) is 1. The first-order valence-electron chi connectivity index (χ1n) is 6.09. The molecule has 1 aromatic heterocycles. The summed E-state index contributed by atoms with van der Waals surface area (Å²) in [6.07, 6.45) is 3.42. The van der Waals surface area contributed by atoms with Gasteiger partial charge in [0.25, 0.3) is 0 Å². The van der Waals surface area contributed by atoms with Gasteiger partial charge in [-0.3, -0.25) is 0 Å². The van der Waals surface area contributed by atoms with E-state index in [4.69, 9.17) is 16.3 Å². The number of hydrogen-bond acceptors (Lipinski definition) is 4. The fourth-order valence-corrected chi connectivity index (χ4v) is 2.92. The summed E-state index contributed by atoms with van der Waals surface area (Å²) in [5, 5.41) is 5.07. The summed E-state index contributed by atoms with van der Waals surface area (Å²) in [6, 6.07) is 5.82. The van der Waals surface area contributed by atoms with E-state index in [1.165, 1.54) is 6.42 Å². The first-order valence-corrected chi connectivity index (χ1v) is 7.28. The summed E-state index contributed by atoms with van der Waals surface area (Å²) in [4.78, 5) is 4.51. The molecule has 1 N–H and O–H groups in total. The second-order valence-corrected chi connectivity index (χ2v) is 5.49. The molecule has 0 atom stereocenters. The van der Waals surface area contributed by atoms with E-state index in [9.17, 15) is 0 Å². The molecule has 3 nitrogen and oxygen atoms in total. The molecule has 0 saturated heterocycles. The van der Waals surface area contributed by atoms with E-state index in [1.54, 1.807) is 18.4 Å². The van der Waals surface area contributed by atoms with E-state index in [0.29, 0.717) is 0 Å². The molecule has 5 heteroatoms. The number of anilines is 1. The monoisotopic (exact) mass is 284 g/mol. The van der Waals surface area contributed by atoms with E-state index in [1.807, 2.05) is 18.2 Å². The van der Waals surface area contributed by atoms with Gasteiger partial charge in [0, 0.05) is 20.3 Å². The standard InChI is InChI=1S/C13H17ClN2OS/c1-17-9-4-2-3-8-15-13-16-11-7-5-6-10(14)12(11)18-13/h5-7H,2-4,8-9H2,1H3,(H,15,16). The van der Waals surface area contributed by atoms with Crippen molar-refractivity contribution in [3.8, 4) is 0 Å². The maximum absolute atomic E-state index is 6.12. The maximum atomic E-state index is 6.12. The highest BCUT2D eigenvalue weighted by Gasteiger charge is 2.05. The predicted octanol–water partition coefficient (Wildman–Crippen LogP) is 4.18. The number of aromatic nitrogens is 1. The third kappa shape index (κ3) is 3.57. The van der Waals surface area contributed by atoms with Crippen LogP contribution >= 0.6 is 22.9 Å². The van der Waals surface area contributed by atoms with Crippen LogP contribution in [0.5, 0.6) is 0 Å². The Balaban J connectivity index is 1.83. The zero-order valence-corrected chi connectivity index (χ0v) is 12.0. The zero-order valence-electron chi connectivity index (χ0n) is 10.4. The number of nitrogens with zero attached hydrogens (tertiary/aromatic N) is 1. The van der Waals surface area contributed by atoms with Crippen LogP contribution in [0.2, 0.25) is 5.02 Å². The fraction of sp³-hybridized carbons (Fsp3) is 0.462. The molecule has 1 aromatic carbocycles. The zero-order chi connectivity index (χ0) is 12.8. The largest absolute Gasteiger partial charge is 0.385 e. The van der Waals surface area contributed by atoms with Crippen LogP contribution in [-0.4, -0.2) is 25.2 Å². The van der Waals surface area contributed by atoms with Gasteiger partial charge in [-0.15, -0.1) is 0 Å². The highest BCUT2D eigenvalue weighted by atomic mass is 35.5. The van der Waals surface area contributed by atoms with E-state index in [2.05, 4.69) is 10.3 Å². The summed E-state index contributed by atoms with van der Waals surface area (Å²) in [7, 11) is 1.74. The smallest absolute Gasteiger partial charge is 0.183 e. The lowest BCUT2D eigenvalue weighted by Crippen LogP contribution is -2.01. The number of unbranched alkanes of at least 4 members (excludes halogenated alkanes) is 2. The molecule has 0 amide bonds. The highest BCUT2D eigenvalue weighted by molar-refractivity contribution is 7.22. The molecule has 0 spiro atoms. The molecule has 18 heavy (non-hydrogen) atoms. The van der Waals surface area contributed by atoms with Crippen molar-refractivity contribution in [3.05, 3.63) is 23.2 Å². The van der Waals surface area contributed by atoms with Crippen LogP contribution < -0.4 is 5.32 Å². The Bertz CT molecular complexity index is 501. The first-order chi connectivity index (χ1) is 8.81. The molecule has 1 heterocycles. The number of ether oxygens (including phenoxy) is 1. The van der Waals surface area contributed by atoms with Crippen molar-refractivity contribution in [1.29, 1.82) is 0 Å². The van der Waals surface area contributed by atoms with Gasteiger partial charge in [-0.1, -0.05) is 29.0 Å². The Kier molecular flexibility index (Phi) is 5.23. The summed E-state index contributed by atoms with van der Waals surface area (Å²) < 4.78 is 6.07. The number of nitrogens with one attached hydrogen (secondary N) is 1. The number of benzene rings is 1. The van der Waals surface area contributed by atoms with Crippen LogP contribution in [0, 0.1) is 0 Å². The highest BCUT2D eigenvalue weighted by Crippen LogP contribution is 2.31. The van der Waals surface area contributed by atoms with Crippen molar-refractivity contribution in [2.24, 2.45) is 0 Å². The van der Waals surface area contributed by atoms with Crippen LogP contribution in [0.15, 0.2) is 18.2 Å². The molecule has 0 radical (unpaired) electrons. The Labute approximate surface area is 116 Å². The van der Waals surface area contributed by atoms with E-state index in [-0.39, 0.29) is 0 Å². The fourth-order valence-electron chi connectivity index (χ4n) is 1.73. The molecule has 0 aliphatic carbocycles. The van der Waals surface area contributed by atoms with Crippen molar-refractivity contribution in [1.82, 2.24) is 4.98 Å². The number of thiazole rings is 1. The van der Waals surface area contributed by atoms with E-state index < -0.39 is 0 Å². The molecule has 98 valence electrons. The lowest BCUT2D eigenvalue weighted by Gasteiger charge is -2.01. The Morgan fingerprint density at radius 1 is 1.33 bits per heavy atom. The molecule has 2 aromatic rings. The van der Waals surface area contributed by atoms with Crippen molar-refractivity contribution < 1.29 is 4.74 Å². The lowest BCUT2D eigenvalue weighted by molar-refractivity contribution is 0.192. The second kappa shape index (κ2) is 6.92. The van der Waals surface area contributed by atoms with Crippen molar-refractivity contribution in [2.45, 2.75) is 19.3 Å². The van der Waals surface area contributed by atoms with Crippen LogP contribution in [0.25, 0.3) is 10.2 Å². The number of rotatable bonds is 7. The average Bonchev–Trinajstić information content (AvgIpc) is 2.78. The van der Waals surface area contributed by atoms with Crippen molar-refractivity contribution >= 4 is 38.3 Å².